The summed E-state index contributed by atoms with van der Waals surface area (Å²) >= 11 is 0. The first kappa shape index (κ1) is 19.8. The van der Waals surface area contributed by atoms with E-state index in [-0.39, 0.29) is 10.9 Å². The molecule has 3 rings (SSSR count). The van der Waals surface area contributed by atoms with Crippen LogP contribution in [0.4, 0.5) is 5.69 Å². The fourth-order valence-electron chi connectivity index (χ4n) is 3.22. The molecule has 8 nitrogen and oxygen atoms in total. The van der Waals surface area contributed by atoms with E-state index in [1.54, 1.807) is 12.1 Å². The molecule has 1 aliphatic carbocycles. The number of hydrogen-bond donors (Lipinski definition) is 1. The molecular weight excluding hydrogens is 364 g/mol. The van der Waals surface area contributed by atoms with Gasteiger partial charge in [0.2, 0.25) is 15.8 Å². The van der Waals surface area contributed by atoms with Crippen LogP contribution in [0.1, 0.15) is 52.0 Å². The van der Waals surface area contributed by atoms with Gasteiger partial charge in [-0.15, -0.1) is 10.2 Å². The molecule has 0 amide bonds. The Kier molecular flexibility index (Phi) is 5.81. The minimum absolute atomic E-state index is 0.0784. The number of benzene rings is 1. The SMILES string of the molecule is CC(C)n1nnc(-c2cc(S(=O)(=O)N(C)C)ccc2NC2CCCCC2)n1. The molecule has 27 heavy (non-hydrogen) atoms. The van der Waals surface area contributed by atoms with Gasteiger partial charge in [-0.1, -0.05) is 19.3 Å². The molecule has 1 aromatic carbocycles. The Balaban J connectivity index is 2.03. The Labute approximate surface area is 161 Å². The number of aromatic nitrogens is 4. The highest BCUT2D eigenvalue weighted by Gasteiger charge is 2.23. The van der Waals surface area contributed by atoms with Crippen molar-refractivity contribution in [3.05, 3.63) is 18.2 Å². The third kappa shape index (κ3) is 4.30. The van der Waals surface area contributed by atoms with Crippen LogP contribution >= 0.6 is 0 Å². The predicted octanol–water partition coefficient (Wildman–Crippen LogP) is 2.92. The molecule has 2 aromatic rings. The van der Waals surface area contributed by atoms with Gasteiger partial charge < -0.3 is 5.32 Å². The summed E-state index contributed by atoms with van der Waals surface area (Å²) in [6.45, 7) is 3.94. The van der Waals surface area contributed by atoms with Crippen molar-refractivity contribution in [3.63, 3.8) is 0 Å². The highest BCUT2D eigenvalue weighted by molar-refractivity contribution is 7.89. The molecule has 0 aliphatic heterocycles. The van der Waals surface area contributed by atoms with Crippen molar-refractivity contribution in [2.75, 3.05) is 19.4 Å². The third-order valence-corrected chi connectivity index (χ3v) is 6.68. The van der Waals surface area contributed by atoms with Gasteiger partial charge in [-0.3, -0.25) is 0 Å². The van der Waals surface area contributed by atoms with Gasteiger partial charge in [-0.25, -0.2) is 12.7 Å². The van der Waals surface area contributed by atoms with E-state index in [4.69, 9.17) is 0 Å². The summed E-state index contributed by atoms with van der Waals surface area (Å²) in [5.41, 5.74) is 1.51. The topological polar surface area (TPSA) is 93.0 Å². The molecule has 0 unspecified atom stereocenters. The fourth-order valence-corrected chi connectivity index (χ4v) is 4.15. The lowest BCUT2D eigenvalue weighted by Gasteiger charge is -2.25. The highest BCUT2D eigenvalue weighted by Crippen LogP contribution is 2.31. The van der Waals surface area contributed by atoms with Crippen molar-refractivity contribution in [1.29, 1.82) is 0 Å². The van der Waals surface area contributed by atoms with Gasteiger partial charge in [-0.05, 0) is 50.1 Å². The second-order valence-corrected chi connectivity index (χ2v) is 9.65. The van der Waals surface area contributed by atoms with Gasteiger partial charge >= 0.3 is 0 Å². The second-order valence-electron chi connectivity index (χ2n) is 7.50. The van der Waals surface area contributed by atoms with E-state index in [9.17, 15) is 8.42 Å². The van der Waals surface area contributed by atoms with Crippen molar-refractivity contribution < 1.29 is 8.42 Å². The lowest BCUT2D eigenvalue weighted by molar-refractivity contribution is 0.455. The summed E-state index contributed by atoms with van der Waals surface area (Å²) in [5.74, 6) is 0.429. The van der Waals surface area contributed by atoms with Crippen LogP contribution in [0.3, 0.4) is 0 Å². The quantitative estimate of drug-likeness (QED) is 0.812. The molecule has 0 spiro atoms. The molecule has 1 N–H and O–H groups in total. The average molecular weight is 393 g/mol. The number of hydrogen-bond acceptors (Lipinski definition) is 6. The van der Waals surface area contributed by atoms with Crippen molar-refractivity contribution in [2.24, 2.45) is 0 Å². The van der Waals surface area contributed by atoms with Gasteiger partial charge in [0.15, 0.2) is 0 Å². The number of anilines is 1. The normalized spacial score (nSPS) is 16.2. The zero-order valence-corrected chi connectivity index (χ0v) is 17.2. The van der Waals surface area contributed by atoms with Crippen molar-refractivity contribution >= 4 is 15.7 Å². The first-order valence-corrected chi connectivity index (χ1v) is 10.9. The van der Waals surface area contributed by atoms with Gasteiger partial charge in [0.1, 0.15) is 0 Å². The van der Waals surface area contributed by atoms with Gasteiger partial charge in [0.25, 0.3) is 0 Å². The number of nitrogens with zero attached hydrogens (tertiary/aromatic N) is 5. The van der Waals surface area contributed by atoms with Crippen LogP contribution in [0, 0.1) is 0 Å². The zero-order valence-electron chi connectivity index (χ0n) is 16.4. The Morgan fingerprint density at radius 3 is 2.48 bits per heavy atom. The summed E-state index contributed by atoms with van der Waals surface area (Å²) in [7, 11) is -0.495. The molecule has 0 atom stereocenters. The summed E-state index contributed by atoms with van der Waals surface area (Å²) in [5, 5.41) is 16.3. The van der Waals surface area contributed by atoms with Crippen LogP contribution in [0.5, 0.6) is 0 Å². The maximum absolute atomic E-state index is 12.6. The summed E-state index contributed by atoms with van der Waals surface area (Å²) < 4.78 is 26.4. The largest absolute Gasteiger partial charge is 0.382 e. The first-order valence-electron chi connectivity index (χ1n) is 9.42. The average Bonchev–Trinajstić information content (AvgIpc) is 3.13. The van der Waals surface area contributed by atoms with E-state index >= 15 is 0 Å². The molecule has 148 valence electrons. The van der Waals surface area contributed by atoms with Gasteiger partial charge in [0.05, 0.1) is 10.9 Å². The molecule has 9 heteroatoms. The fraction of sp³-hybridized carbons (Fsp3) is 0.611. The number of sulfonamides is 1. The highest BCUT2D eigenvalue weighted by atomic mass is 32.2. The minimum Gasteiger partial charge on any atom is -0.382 e. The van der Waals surface area contributed by atoms with E-state index < -0.39 is 10.0 Å². The monoisotopic (exact) mass is 392 g/mol. The Hall–Kier alpha value is -2.00. The van der Waals surface area contributed by atoms with Crippen LogP contribution in [-0.2, 0) is 10.0 Å². The van der Waals surface area contributed by atoms with Crippen LogP contribution in [0.15, 0.2) is 23.1 Å². The Bertz CT molecular complexity index is 885. The first-order chi connectivity index (χ1) is 12.8. The molecule has 1 saturated carbocycles. The molecule has 0 radical (unpaired) electrons. The lowest BCUT2D eigenvalue weighted by Crippen LogP contribution is -2.24. The molecule has 0 saturated heterocycles. The van der Waals surface area contributed by atoms with E-state index in [1.807, 2.05) is 19.9 Å². The van der Waals surface area contributed by atoms with Crippen LogP contribution in [0.25, 0.3) is 11.4 Å². The summed E-state index contributed by atoms with van der Waals surface area (Å²) in [6, 6.07) is 5.55. The molecule has 1 fully saturated rings. The molecule has 1 aliphatic rings. The van der Waals surface area contributed by atoms with E-state index in [0.717, 1.165) is 18.5 Å². The zero-order chi connectivity index (χ0) is 19.6. The van der Waals surface area contributed by atoms with E-state index in [0.29, 0.717) is 17.4 Å². The predicted molar refractivity (Wildman–Crippen MR) is 105 cm³/mol. The molecular formula is C18H28N6O2S. The molecule has 0 bridgehead atoms. The maximum atomic E-state index is 12.6. The van der Waals surface area contributed by atoms with Crippen LogP contribution in [0.2, 0.25) is 0 Å². The maximum Gasteiger partial charge on any atom is 0.242 e. The standard InChI is InChI=1S/C18H28N6O2S/c1-13(2)24-21-18(20-22-24)16-12-15(27(25,26)23(3)4)10-11-17(16)19-14-8-6-5-7-9-14/h10-14,19H,5-9H2,1-4H3. The molecule has 1 aromatic heterocycles. The van der Waals surface area contributed by atoms with E-state index in [1.165, 1.54) is 42.5 Å². The van der Waals surface area contributed by atoms with E-state index in [2.05, 4.69) is 20.7 Å². The smallest absolute Gasteiger partial charge is 0.242 e. The van der Waals surface area contributed by atoms with Gasteiger partial charge in [0, 0.05) is 31.4 Å². The van der Waals surface area contributed by atoms with Crippen molar-refractivity contribution in [1.82, 2.24) is 24.5 Å². The minimum atomic E-state index is -3.54. The summed E-state index contributed by atoms with van der Waals surface area (Å²) in [4.78, 5) is 1.75. The summed E-state index contributed by atoms with van der Waals surface area (Å²) in [6.07, 6.45) is 5.92. The number of nitrogens with one attached hydrogen (secondary N) is 1. The third-order valence-electron chi connectivity index (χ3n) is 4.87. The Morgan fingerprint density at radius 2 is 1.89 bits per heavy atom. The Morgan fingerprint density at radius 1 is 1.19 bits per heavy atom. The van der Waals surface area contributed by atoms with Crippen LogP contribution in [-0.4, -0.2) is 53.1 Å². The van der Waals surface area contributed by atoms with Crippen molar-refractivity contribution in [3.8, 4) is 11.4 Å². The van der Waals surface area contributed by atoms with Crippen LogP contribution < -0.4 is 5.32 Å². The second kappa shape index (κ2) is 7.93. The lowest BCUT2D eigenvalue weighted by atomic mass is 9.95. The van der Waals surface area contributed by atoms with Gasteiger partial charge in [-0.2, -0.15) is 4.80 Å². The van der Waals surface area contributed by atoms with Crippen molar-refractivity contribution in [2.45, 2.75) is 62.9 Å². The number of rotatable bonds is 6. The molecule has 1 heterocycles. The number of tetrazole rings is 1.